The second-order valence-electron chi connectivity index (χ2n) is 6.87. The van der Waals surface area contributed by atoms with E-state index in [-0.39, 0.29) is 24.6 Å². The molecule has 2 heterocycles. The summed E-state index contributed by atoms with van der Waals surface area (Å²) in [6.07, 6.45) is 5.92. The van der Waals surface area contributed by atoms with Crippen LogP contribution in [0.2, 0.25) is 0 Å². The minimum Gasteiger partial charge on any atom is -0.454 e. The van der Waals surface area contributed by atoms with Gasteiger partial charge < -0.3 is 19.5 Å². The Hall–Kier alpha value is -1.40. The van der Waals surface area contributed by atoms with Gasteiger partial charge in [0.05, 0.1) is 0 Å². The van der Waals surface area contributed by atoms with E-state index in [9.17, 15) is 4.79 Å². The third-order valence-corrected chi connectivity index (χ3v) is 6.25. The van der Waals surface area contributed by atoms with Crippen molar-refractivity contribution in [2.75, 3.05) is 32.2 Å². The van der Waals surface area contributed by atoms with Crippen LogP contribution in [0.4, 0.5) is 0 Å². The first-order chi connectivity index (χ1) is 12.7. The molecule has 0 radical (unpaired) electrons. The lowest BCUT2D eigenvalue weighted by Gasteiger charge is -2.24. The van der Waals surface area contributed by atoms with Crippen molar-refractivity contribution in [1.29, 1.82) is 0 Å². The SMILES string of the molecule is CCCN1CCc2cc3c(cc2C(SCCCCCCO)C1=O)OCO3. The van der Waals surface area contributed by atoms with Crippen LogP contribution in [-0.4, -0.2) is 48.2 Å². The van der Waals surface area contributed by atoms with Gasteiger partial charge in [-0.25, -0.2) is 0 Å². The van der Waals surface area contributed by atoms with Crippen LogP contribution in [0.5, 0.6) is 11.5 Å². The zero-order chi connectivity index (χ0) is 18.4. The fourth-order valence-electron chi connectivity index (χ4n) is 3.55. The number of aliphatic hydroxyl groups excluding tert-OH is 1. The highest BCUT2D eigenvalue weighted by Gasteiger charge is 2.32. The van der Waals surface area contributed by atoms with Gasteiger partial charge in [-0.15, -0.1) is 11.8 Å². The molecule has 0 aliphatic carbocycles. The average Bonchev–Trinajstić information content (AvgIpc) is 3.06. The van der Waals surface area contributed by atoms with E-state index in [0.717, 1.165) is 74.4 Å². The molecule has 0 saturated heterocycles. The monoisotopic (exact) mass is 379 g/mol. The van der Waals surface area contributed by atoms with Crippen molar-refractivity contribution in [2.45, 2.75) is 50.7 Å². The number of benzene rings is 1. The number of carbonyl (C=O) groups is 1. The number of amides is 1. The van der Waals surface area contributed by atoms with Crippen molar-refractivity contribution in [3.8, 4) is 11.5 Å². The van der Waals surface area contributed by atoms with Crippen LogP contribution in [0.15, 0.2) is 12.1 Å². The molecular formula is C20H29NO4S. The summed E-state index contributed by atoms with van der Waals surface area (Å²) < 4.78 is 11.1. The fourth-order valence-corrected chi connectivity index (χ4v) is 4.84. The van der Waals surface area contributed by atoms with Crippen LogP contribution < -0.4 is 9.47 Å². The van der Waals surface area contributed by atoms with Gasteiger partial charge in [-0.3, -0.25) is 4.79 Å². The van der Waals surface area contributed by atoms with Crippen LogP contribution in [0.3, 0.4) is 0 Å². The number of thioether (sulfide) groups is 1. The summed E-state index contributed by atoms with van der Waals surface area (Å²) in [6.45, 7) is 4.22. The Bertz CT molecular complexity index is 622. The molecule has 0 bridgehead atoms. The highest BCUT2D eigenvalue weighted by molar-refractivity contribution is 8.00. The molecule has 1 aromatic carbocycles. The summed E-state index contributed by atoms with van der Waals surface area (Å²) in [6, 6.07) is 4.09. The molecule has 6 heteroatoms. The third-order valence-electron chi connectivity index (χ3n) is 4.93. The van der Waals surface area contributed by atoms with E-state index in [0.29, 0.717) is 0 Å². The summed E-state index contributed by atoms with van der Waals surface area (Å²) >= 11 is 1.74. The van der Waals surface area contributed by atoms with Gasteiger partial charge in [0.15, 0.2) is 11.5 Å². The molecule has 3 rings (SSSR count). The molecule has 0 spiro atoms. The molecule has 0 aromatic heterocycles. The third kappa shape index (κ3) is 4.46. The van der Waals surface area contributed by atoms with E-state index in [1.165, 1.54) is 5.56 Å². The van der Waals surface area contributed by atoms with E-state index in [2.05, 4.69) is 13.0 Å². The maximum Gasteiger partial charge on any atom is 0.240 e. The molecule has 2 aliphatic heterocycles. The molecule has 1 aromatic rings. The zero-order valence-corrected chi connectivity index (χ0v) is 16.4. The van der Waals surface area contributed by atoms with Crippen molar-refractivity contribution in [1.82, 2.24) is 4.90 Å². The first-order valence-corrected chi connectivity index (χ1v) is 10.7. The van der Waals surface area contributed by atoms with Crippen molar-refractivity contribution < 1.29 is 19.4 Å². The number of rotatable bonds is 9. The van der Waals surface area contributed by atoms with Gasteiger partial charge in [0.2, 0.25) is 12.7 Å². The predicted molar refractivity (Wildman–Crippen MR) is 104 cm³/mol. The lowest BCUT2D eigenvalue weighted by molar-refractivity contribution is -0.130. The minimum absolute atomic E-state index is 0.161. The Labute approximate surface area is 160 Å². The number of ether oxygens (including phenoxy) is 2. The van der Waals surface area contributed by atoms with Crippen LogP contribution in [0, 0.1) is 0 Å². The van der Waals surface area contributed by atoms with Crippen molar-refractivity contribution in [2.24, 2.45) is 0 Å². The Balaban J connectivity index is 1.75. The standard InChI is InChI=1S/C20H29NO4S/c1-2-8-21-9-7-15-12-17-18(25-14-24-17)13-16(15)19(20(21)23)26-11-6-4-3-5-10-22/h12-13,19,22H,2-11,14H2,1H3. The second-order valence-corrected chi connectivity index (χ2v) is 8.08. The molecule has 5 nitrogen and oxygen atoms in total. The van der Waals surface area contributed by atoms with E-state index in [1.807, 2.05) is 11.0 Å². The van der Waals surface area contributed by atoms with E-state index < -0.39 is 0 Å². The number of unbranched alkanes of at least 4 members (excludes halogenated alkanes) is 3. The van der Waals surface area contributed by atoms with Crippen molar-refractivity contribution in [3.05, 3.63) is 23.3 Å². The summed E-state index contributed by atoms with van der Waals surface area (Å²) in [5.41, 5.74) is 2.30. The number of aliphatic hydroxyl groups is 1. The summed E-state index contributed by atoms with van der Waals surface area (Å²) in [5.74, 6) is 2.74. The molecule has 26 heavy (non-hydrogen) atoms. The molecule has 1 unspecified atom stereocenters. The average molecular weight is 380 g/mol. The van der Waals surface area contributed by atoms with Gasteiger partial charge in [0, 0.05) is 19.7 Å². The maximum atomic E-state index is 13.2. The van der Waals surface area contributed by atoms with Crippen LogP contribution in [0.25, 0.3) is 0 Å². The first kappa shape index (κ1) is 19.4. The van der Waals surface area contributed by atoms with Gasteiger partial charge >= 0.3 is 0 Å². The number of hydrogen-bond acceptors (Lipinski definition) is 5. The second kappa shape index (κ2) is 9.51. The number of hydrogen-bond donors (Lipinski definition) is 1. The molecular weight excluding hydrogens is 350 g/mol. The van der Waals surface area contributed by atoms with Gasteiger partial charge in [-0.05, 0) is 54.7 Å². The summed E-state index contributed by atoms with van der Waals surface area (Å²) in [7, 11) is 0. The number of fused-ring (bicyclic) bond motifs is 2. The van der Waals surface area contributed by atoms with Gasteiger partial charge in [0.1, 0.15) is 5.25 Å². The largest absolute Gasteiger partial charge is 0.454 e. The molecule has 1 amide bonds. The van der Waals surface area contributed by atoms with E-state index in [4.69, 9.17) is 14.6 Å². The van der Waals surface area contributed by atoms with Gasteiger partial charge in [-0.2, -0.15) is 0 Å². The Morgan fingerprint density at radius 2 is 1.96 bits per heavy atom. The van der Waals surface area contributed by atoms with Crippen LogP contribution in [-0.2, 0) is 11.2 Å². The lowest BCUT2D eigenvalue weighted by atomic mass is 10.0. The van der Waals surface area contributed by atoms with Crippen molar-refractivity contribution in [3.63, 3.8) is 0 Å². The Kier molecular flexibility index (Phi) is 7.08. The first-order valence-electron chi connectivity index (χ1n) is 9.68. The lowest BCUT2D eigenvalue weighted by Crippen LogP contribution is -2.34. The van der Waals surface area contributed by atoms with Crippen LogP contribution in [0.1, 0.15) is 55.4 Å². The highest BCUT2D eigenvalue weighted by Crippen LogP contribution is 2.43. The van der Waals surface area contributed by atoms with Crippen LogP contribution >= 0.6 is 11.8 Å². The molecule has 2 aliphatic rings. The summed E-state index contributed by atoms with van der Waals surface area (Å²) in [4.78, 5) is 15.2. The number of nitrogens with zero attached hydrogens (tertiary/aromatic N) is 1. The quantitative estimate of drug-likeness (QED) is 0.665. The Morgan fingerprint density at radius 3 is 2.73 bits per heavy atom. The normalized spacial score (nSPS) is 18.8. The molecule has 1 atom stereocenters. The van der Waals surface area contributed by atoms with E-state index >= 15 is 0 Å². The fraction of sp³-hybridized carbons (Fsp3) is 0.650. The summed E-state index contributed by atoms with van der Waals surface area (Å²) in [5, 5.41) is 8.72. The molecule has 0 saturated carbocycles. The Morgan fingerprint density at radius 1 is 1.19 bits per heavy atom. The molecule has 144 valence electrons. The molecule has 1 N–H and O–H groups in total. The highest BCUT2D eigenvalue weighted by atomic mass is 32.2. The van der Waals surface area contributed by atoms with Gasteiger partial charge in [-0.1, -0.05) is 19.8 Å². The minimum atomic E-state index is -0.161. The van der Waals surface area contributed by atoms with E-state index in [1.54, 1.807) is 11.8 Å². The van der Waals surface area contributed by atoms with Gasteiger partial charge in [0.25, 0.3) is 0 Å². The predicted octanol–water partition coefficient (Wildman–Crippen LogP) is 3.54. The topological polar surface area (TPSA) is 59.0 Å². The smallest absolute Gasteiger partial charge is 0.240 e. The molecule has 0 fully saturated rings. The number of carbonyl (C=O) groups excluding carboxylic acids is 1. The maximum absolute atomic E-state index is 13.2. The van der Waals surface area contributed by atoms with Crippen molar-refractivity contribution >= 4 is 17.7 Å². The zero-order valence-electron chi connectivity index (χ0n) is 15.5.